The van der Waals surface area contributed by atoms with Crippen LogP contribution < -0.4 is 5.32 Å². The third kappa shape index (κ3) is 5.24. The van der Waals surface area contributed by atoms with Crippen LogP contribution in [-0.4, -0.2) is 25.9 Å². The van der Waals surface area contributed by atoms with Crippen molar-refractivity contribution in [2.45, 2.75) is 31.2 Å². The second-order valence-corrected chi connectivity index (χ2v) is 9.79. The minimum Gasteiger partial charge on any atom is -0.324 e. The van der Waals surface area contributed by atoms with E-state index in [9.17, 15) is 4.79 Å². The molecule has 3 aromatic carbocycles. The first-order chi connectivity index (χ1) is 15.8. The summed E-state index contributed by atoms with van der Waals surface area (Å²) in [5, 5.41) is 12.6. The third-order valence-electron chi connectivity index (χ3n) is 5.06. The fraction of sp³-hybridized carbons (Fsp3) is 0.160. The molecule has 4 aromatic rings. The number of halogens is 2. The molecule has 1 aromatic heterocycles. The summed E-state index contributed by atoms with van der Waals surface area (Å²) in [5.74, 6) is 0.510. The fourth-order valence-electron chi connectivity index (χ4n) is 3.29. The molecule has 0 aliphatic carbocycles. The largest absolute Gasteiger partial charge is 0.324 e. The molecule has 0 saturated carbocycles. The lowest BCUT2D eigenvalue weighted by atomic mass is 10.1. The van der Waals surface area contributed by atoms with E-state index >= 15 is 0 Å². The van der Waals surface area contributed by atoms with Crippen molar-refractivity contribution in [3.8, 4) is 17.1 Å². The zero-order valence-electron chi connectivity index (χ0n) is 18.3. The average Bonchev–Trinajstić information content (AvgIpc) is 3.21. The van der Waals surface area contributed by atoms with Crippen LogP contribution in [0.5, 0.6) is 0 Å². The Morgan fingerprint density at radius 2 is 1.70 bits per heavy atom. The summed E-state index contributed by atoms with van der Waals surface area (Å²) in [7, 11) is 0. The maximum atomic E-state index is 12.9. The van der Waals surface area contributed by atoms with Crippen LogP contribution in [0.25, 0.3) is 17.1 Å². The monoisotopic (exact) mass is 496 g/mol. The molecule has 1 atom stereocenters. The Kier molecular flexibility index (Phi) is 7.08. The molecule has 0 fully saturated rings. The van der Waals surface area contributed by atoms with Crippen molar-refractivity contribution in [3.63, 3.8) is 0 Å². The van der Waals surface area contributed by atoms with Crippen molar-refractivity contribution in [2.75, 3.05) is 5.32 Å². The summed E-state index contributed by atoms with van der Waals surface area (Å²) in [6, 6.07) is 21.4. The smallest absolute Gasteiger partial charge is 0.237 e. The van der Waals surface area contributed by atoms with E-state index in [4.69, 9.17) is 23.2 Å². The van der Waals surface area contributed by atoms with Crippen LogP contribution in [0, 0.1) is 13.8 Å². The highest BCUT2D eigenvalue weighted by atomic mass is 35.5. The molecule has 0 bridgehead atoms. The molecule has 0 aliphatic rings. The summed E-state index contributed by atoms with van der Waals surface area (Å²) >= 11 is 13.6. The molecular formula is C25H22Cl2N4OS. The van der Waals surface area contributed by atoms with E-state index in [-0.39, 0.29) is 5.91 Å². The number of nitrogens with zero attached hydrogens (tertiary/aromatic N) is 3. The summed E-state index contributed by atoms with van der Waals surface area (Å²) in [6.45, 7) is 5.90. The third-order valence-corrected chi connectivity index (χ3v) is 6.92. The minimum atomic E-state index is -0.459. The van der Waals surface area contributed by atoms with E-state index < -0.39 is 5.25 Å². The Morgan fingerprint density at radius 1 is 0.970 bits per heavy atom. The summed E-state index contributed by atoms with van der Waals surface area (Å²) in [5.41, 5.74) is 4.64. The molecule has 8 heteroatoms. The van der Waals surface area contributed by atoms with E-state index in [1.54, 1.807) is 18.2 Å². The van der Waals surface area contributed by atoms with Gasteiger partial charge in [-0.25, -0.2) is 0 Å². The summed E-state index contributed by atoms with van der Waals surface area (Å²) < 4.78 is 1.98. The first-order valence-electron chi connectivity index (χ1n) is 10.3. The number of carbonyl (C=O) groups is 1. The highest BCUT2D eigenvalue weighted by molar-refractivity contribution is 8.00. The SMILES string of the molecule is Cc1ccc(-n2c(S[C@H](C)C(=O)Nc3cccc(Cl)c3Cl)nnc2-c2cccc(C)c2)cc1. The van der Waals surface area contributed by atoms with Crippen LogP contribution in [0.2, 0.25) is 10.0 Å². The van der Waals surface area contributed by atoms with Gasteiger partial charge in [0.1, 0.15) is 0 Å². The zero-order chi connectivity index (χ0) is 23.5. The normalized spacial score (nSPS) is 11.9. The highest BCUT2D eigenvalue weighted by Gasteiger charge is 2.22. The number of anilines is 1. The molecule has 1 N–H and O–H groups in total. The van der Waals surface area contributed by atoms with Gasteiger partial charge in [-0.15, -0.1) is 10.2 Å². The van der Waals surface area contributed by atoms with E-state index in [2.05, 4.69) is 21.6 Å². The molecule has 0 aliphatic heterocycles. The van der Waals surface area contributed by atoms with Gasteiger partial charge in [-0.3, -0.25) is 9.36 Å². The van der Waals surface area contributed by atoms with E-state index in [1.807, 2.05) is 67.8 Å². The standard InChI is InChI=1S/C25H22Cl2N4OS/c1-15-10-12-19(13-11-15)31-23(18-7-4-6-16(2)14-18)29-30-25(31)33-17(3)24(32)28-21-9-5-8-20(26)22(21)27/h4-14,17H,1-3H3,(H,28,32)/t17-/m1/s1. The molecule has 1 heterocycles. The van der Waals surface area contributed by atoms with Crippen LogP contribution in [-0.2, 0) is 4.79 Å². The number of carbonyl (C=O) groups excluding carboxylic acids is 1. The van der Waals surface area contributed by atoms with Gasteiger partial charge in [0.15, 0.2) is 11.0 Å². The minimum absolute atomic E-state index is 0.209. The Morgan fingerprint density at radius 3 is 2.42 bits per heavy atom. The van der Waals surface area contributed by atoms with Crippen molar-refractivity contribution in [2.24, 2.45) is 0 Å². The van der Waals surface area contributed by atoms with Gasteiger partial charge in [-0.05, 0) is 51.1 Å². The van der Waals surface area contributed by atoms with E-state index in [0.29, 0.717) is 20.9 Å². The van der Waals surface area contributed by atoms with Gasteiger partial charge in [-0.1, -0.05) is 82.5 Å². The zero-order valence-corrected chi connectivity index (χ0v) is 20.7. The quantitative estimate of drug-likeness (QED) is 0.292. The van der Waals surface area contributed by atoms with Crippen LogP contribution in [0.15, 0.2) is 71.9 Å². The molecule has 1 amide bonds. The van der Waals surface area contributed by atoms with Gasteiger partial charge in [0.2, 0.25) is 5.91 Å². The Balaban J connectivity index is 1.66. The lowest BCUT2D eigenvalue weighted by Crippen LogP contribution is -2.23. The summed E-state index contributed by atoms with van der Waals surface area (Å²) in [4.78, 5) is 12.9. The highest BCUT2D eigenvalue weighted by Crippen LogP contribution is 2.33. The lowest BCUT2D eigenvalue weighted by molar-refractivity contribution is -0.115. The Hall–Kier alpha value is -2.80. The molecule has 0 unspecified atom stereocenters. The molecule has 168 valence electrons. The maximum Gasteiger partial charge on any atom is 0.237 e. The molecule has 0 saturated heterocycles. The maximum absolute atomic E-state index is 12.9. The number of rotatable bonds is 6. The average molecular weight is 497 g/mol. The van der Waals surface area contributed by atoms with E-state index in [1.165, 1.54) is 11.8 Å². The number of hydrogen-bond acceptors (Lipinski definition) is 4. The Labute approximate surface area is 207 Å². The lowest BCUT2D eigenvalue weighted by Gasteiger charge is -2.15. The number of amides is 1. The number of nitrogens with one attached hydrogen (secondary N) is 1. The topological polar surface area (TPSA) is 59.8 Å². The molecule has 0 radical (unpaired) electrons. The van der Waals surface area contributed by atoms with Gasteiger partial charge < -0.3 is 5.32 Å². The van der Waals surface area contributed by atoms with Crippen molar-refractivity contribution in [1.82, 2.24) is 14.8 Å². The summed E-state index contributed by atoms with van der Waals surface area (Å²) in [6.07, 6.45) is 0. The molecule has 5 nitrogen and oxygen atoms in total. The second kappa shape index (κ2) is 10.00. The molecule has 4 rings (SSSR count). The van der Waals surface area contributed by atoms with Gasteiger partial charge in [0.25, 0.3) is 0 Å². The molecular weight excluding hydrogens is 475 g/mol. The van der Waals surface area contributed by atoms with Crippen molar-refractivity contribution >= 4 is 46.6 Å². The van der Waals surface area contributed by atoms with Crippen LogP contribution >= 0.6 is 35.0 Å². The van der Waals surface area contributed by atoms with E-state index in [0.717, 1.165) is 28.2 Å². The molecule has 33 heavy (non-hydrogen) atoms. The molecule has 0 spiro atoms. The van der Waals surface area contributed by atoms with Gasteiger partial charge in [-0.2, -0.15) is 0 Å². The van der Waals surface area contributed by atoms with Gasteiger partial charge >= 0.3 is 0 Å². The predicted molar refractivity (Wildman–Crippen MR) is 137 cm³/mol. The second-order valence-electron chi connectivity index (χ2n) is 7.70. The van der Waals surface area contributed by atoms with Crippen LogP contribution in [0.4, 0.5) is 5.69 Å². The fourth-order valence-corrected chi connectivity index (χ4v) is 4.51. The number of aryl methyl sites for hydroxylation is 2. The van der Waals surface area contributed by atoms with Gasteiger partial charge in [0, 0.05) is 11.3 Å². The number of aromatic nitrogens is 3. The first kappa shape index (κ1) is 23.4. The Bertz CT molecular complexity index is 1300. The predicted octanol–water partition coefficient (Wildman–Crippen LogP) is 6.98. The van der Waals surface area contributed by atoms with Crippen LogP contribution in [0.3, 0.4) is 0 Å². The first-order valence-corrected chi connectivity index (χ1v) is 12.0. The van der Waals surface area contributed by atoms with Crippen LogP contribution in [0.1, 0.15) is 18.1 Å². The van der Waals surface area contributed by atoms with Gasteiger partial charge in [0.05, 0.1) is 21.0 Å². The van der Waals surface area contributed by atoms with Crippen molar-refractivity contribution < 1.29 is 4.79 Å². The number of benzene rings is 3. The number of hydrogen-bond donors (Lipinski definition) is 1. The van der Waals surface area contributed by atoms with Crippen molar-refractivity contribution in [3.05, 3.63) is 87.9 Å². The number of thioether (sulfide) groups is 1. The van der Waals surface area contributed by atoms with Crippen molar-refractivity contribution in [1.29, 1.82) is 0 Å².